The van der Waals surface area contributed by atoms with E-state index in [4.69, 9.17) is 9.47 Å². The van der Waals surface area contributed by atoms with Crippen LogP contribution in [0.2, 0.25) is 0 Å². The van der Waals surface area contributed by atoms with Crippen molar-refractivity contribution in [3.05, 3.63) is 12.7 Å². The molecule has 0 bridgehead atoms. The number of nitrogens with zero attached hydrogens (tertiary/aromatic N) is 3. The number of hydrogen-bond acceptors (Lipinski definition) is 8. The molecule has 10 heteroatoms. The normalized spacial score (nSPS) is 12.0. The highest BCUT2D eigenvalue weighted by atomic mass is 32.2. The zero-order valence-electron chi connectivity index (χ0n) is 14.7. The van der Waals surface area contributed by atoms with Crippen LogP contribution in [0.4, 0.5) is 4.79 Å². The first-order valence-corrected chi connectivity index (χ1v) is 8.52. The Labute approximate surface area is 149 Å². The second-order valence-electron chi connectivity index (χ2n) is 6.73. The lowest BCUT2D eigenvalue weighted by atomic mass is 10.1. The summed E-state index contributed by atoms with van der Waals surface area (Å²) in [4.78, 5) is 39.1. The minimum Gasteiger partial charge on any atom is -0.452 e. The van der Waals surface area contributed by atoms with Crippen molar-refractivity contribution in [1.29, 1.82) is 0 Å². The molecule has 0 unspecified atom stereocenters. The molecule has 0 radical (unpaired) electrons. The average molecular weight is 367 g/mol. The Kier molecular flexibility index (Phi) is 5.51. The highest BCUT2D eigenvalue weighted by Gasteiger charge is 2.33. The Morgan fingerprint density at radius 2 is 1.92 bits per heavy atom. The van der Waals surface area contributed by atoms with Gasteiger partial charge in [0.25, 0.3) is 0 Å². The van der Waals surface area contributed by atoms with Gasteiger partial charge < -0.3 is 19.8 Å². The predicted octanol–water partition coefficient (Wildman–Crippen LogP) is 2.25. The summed E-state index contributed by atoms with van der Waals surface area (Å²) >= 11 is 1.22. The Balaban J connectivity index is 1.88. The first-order chi connectivity index (χ1) is 11.6. The summed E-state index contributed by atoms with van der Waals surface area (Å²) in [5.41, 5.74) is -0.661. The van der Waals surface area contributed by atoms with Crippen LogP contribution >= 0.6 is 11.8 Å². The number of aromatic amines is 1. The van der Waals surface area contributed by atoms with Gasteiger partial charge in [-0.2, -0.15) is 0 Å². The third-order valence-electron chi connectivity index (χ3n) is 2.90. The van der Waals surface area contributed by atoms with Gasteiger partial charge in [-0.15, -0.1) is 0 Å². The van der Waals surface area contributed by atoms with Crippen molar-refractivity contribution in [3.63, 3.8) is 0 Å². The number of H-pyrrole nitrogens is 1. The van der Waals surface area contributed by atoms with Crippen molar-refractivity contribution < 1.29 is 19.1 Å². The van der Waals surface area contributed by atoms with E-state index in [0.717, 1.165) is 0 Å². The molecule has 0 aliphatic rings. The standard InChI is InChI=1S/C15H21N5O4S/c1-14(2,3)24-13(22)20-15(4,5)12(21)23-8-25-11-9-10(17-6-16-9)18-7-19-11/h6-7H,8H2,1-5H3,(H,20,22)(H,16,17,18,19). The van der Waals surface area contributed by atoms with Gasteiger partial charge in [0, 0.05) is 0 Å². The van der Waals surface area contributed by atoms with Crippen LogP contribution in [-0.2, 0) is 14.3 Å². The van der Waals surface area contributed by atoms with Crippen LogP contribution in [0.1, 0.15) is 34.6 Å². The third-order valence-corrected chi connectivity index (χ3v) is 3.72. The lowest BCUT2D eigenvalue weighted by molar-refractivity contribution is -0.147. The van der Waals surface area contributed by atoms with Crippen molar-refractivity contribution in [2.75, 3.05) is 5.94 Å². The number of hydrogen-bond donors (Lipinski definition) is 2. The van der Waals surface area contributed by atoms with E-state index in [1.54, 1.807) is 34.6 Å². The number of fused-ring (bicyclic) bond motifs is 1. The fourth-order valence-electron chi connectivity index (χ4n) is 1.78. The van der Waals surface area contributed by atoms with Crippen LogP contribution in [0, 0.1) is 0 Å². The van der Waals surface area contributed by atoms with Gasteiger partial charge in [-0.05, 0) is 34.6 Å². The molecule has 2 heterocycles. The molecule has 9 nitrogen and oxygen atoms in total. The average Bonchev–Trinajstić information content (AvgIpc) is 2.93. The molecule has 0 saturated heterocycles. The lowest BCUT2D eigenvalue weighted by Crippen LogP contribution is -2.51. The number of rotatable bonds is 5. The van der Waals surface area contributed by atoms with Crippen molar-refractivity contribution >= 4 is 35.0 Å². The van der Waals surface area contributed by atoms with Gasteiger partial charge in [0.05, 0.1) is 6.33 Å². The summed E-state index contributed by atoms with van der Waals surface area (Å²) in [6.07, 6.45) is 2.22. The molecule has 2 aromatic rings. The summed E-state index contributed by atoms with van der Waals surface area (Å²) in [6.45, 7) is 8.31. The highest BCUT2D eigenvalue weighted by molar-refractivity contribution is 7.99. The molecule has 0 aliphatic heterocycles. The molecule has 136 valence electrons. The fourth-order valence-corrected chi connectivity index (χ4v) is 2.48. The number of carbonyl (C=O) groups is 2. The number of esters is 1. The largest absolute Gasteiger partial charge is 0.452 e. The maximum Gasteiger partial charge on any atom is 0.408 e. The molecule has 0 aliphatic carbocycles. The van der Waals surface area contributed by atoms with Crippen LogP contribution in [0.15, 0.2) is 17.7 Å². The molecule has 2 N–H and O–H groups in total. The van der Waals surface area contributed by atoms with Crippen molar-refractivity contribution in [2.45, 2.75) is 50.8 Å². The van der Waals surface area contributed by atoms with Crippen LogP contribution < -0.4 is 5.32 Å². The summed E-state index contributed by atoms with van der Waals surface area (Å²) in [7, 11) is 0. The SMILES string of the molecule is CC(C)(C)OC(=O)NC(C)(C)C(=O)OCSc1ncnc2nc[nH]c12. The third kappa shape index (κ3) is 5.31. The van der Waals surface area contributed by atoms with Gasteiger partial charge >= 0.3 is 12.1 Å². The molecule has 0 atom stereocenters. The van der Waals surface area contributed by atoms with E-state index >= 15 is 0 Å². The van der Waals surface area contributed by atoms with E-state index in [0.29, 0.717) is 16.2 Å². The zero-order valence-corrected chi connectivity index (χ0v) is 15.6. The highest BCUT2D eigenvalue weighted by Crippen LogP contribution is 2.22. The number of imidazole rings is 1. The summed E-state index contributed by atoms with van der Waals surface area (Å²) in [6, 6.07) is 0. The second kappa shape index (κ2) is 7.26. The quantitative estimate of drug-likeness (QED) is 0.357. The van der Waals surface area contributed by atoms with E-state index in [2.05, 4.69) is 25.3 Å². The Hall–Kier alpha value is -2.36. The van der Waals surface area contributed by atoms with Gasteiger partial charge in [-0.1, -0.05) is 11.8 Å². The van der Waals surface area contributed by atoms with Crippen LogP contribution in [0.3, 0.4) is 0 Å². The molecular weight excluding hydrogens is 346 g/mol. The van der Waals surface area contributed by atoms with Gasteiger partial charge in [-0.25, -0.2) is 24.5 Å². The number of nitrogens with one attached hydrogen (secondary N) is 2. The maximum atomic E-state index is 12.2. The fraction of sp³-hybridized carbons (Fsp3) is 0.533. The predicted molar refractivity (Wildman–Crippen MR) is 91.9 cm³/mol. The number of ether oxygens (including phenoxy) is 2. The summed E-state index contributed by atoms with van der Waals surface area (Å²) in [5, 5.41) is 3.12. The monoisotopic (exact) mass is 367 g/mol. The summed E-state index contributed by atoms with van der Waals surface area (Å²) < 4.78 is 10.4. The van der Waals surface area contributed by atoms with E-state index in [1.807, 2.05) is 0 Å². The molecule has 0 saturated carbocycles. The molecule has 2 aromatic heterocycles. The van der Waals surface area contributed by atoms with E-state index < -0.39 is 23.2 Å². The molecule has 0 spiro atoms. The number of alkyl carbamates (subject to hydrolysis) is 1. The zero-order chi connectivity index (χ0) is 18.7. The first kappa shape index (κ1) is 19.0. The molecular formula is C15H21N5O4S. The maximum absolute atomic E-state index is 12.2. The first-order valence-electron chi connectivity index (χ1n) is 7.54. The van der Waals surface area contributed by atoms with Crippen LogP contribution in [-0.4, -0.2) is 49.1 Å². The van der Waals surface area contributed by atoms with Gasteiger partial charge in [-0.3, -0.25) is 0 Å². The van der Waals surface area contributed by atoms with E-state index in [9.17, 15) is 9.59 Å². The second-order valence-corrected chi connectivity index (χ2v) is 7.64. The molecule has 2 rings (SSSR count). The number of thioether (sulfide) groups is 1. The minimum absolute atomic E-state index is 0.0311. The molecule has 0 aromatic carbocycles. The Morgan fingerprint density at radius 1 is 1.20 bits per heavy atom. The van der Waals surface area contributed by atoms with Gasteiger partial charge in [0.15, 0.2) is 5.65 Å². The van der Waals surface area contributed by atoms with Gasteiger partial charge in [0.2, 0.25) is 0 Å². The Morgan fingerprint density at radius 3 is 2.60 bits per heavy atom. The van der Waals surface area contributed by atoms with Crippen molar-refractivity contribution in [1.82, 2.24) is 25.3 Å². The number of amides is 1. The van der Waals surface area contributed by atoms with Crippen molar-refractivity contribution in [3.8, 4) is 0 Å². The molecule has 0 fully saturated rings. The van der Waals surface area contributed by atoms with E-state index in [-0.39, 0.29) is 5.94 Å². The molecule has 25 heavy (non-hydrogen) atoms. The smallest absolute Gasteiger partial charge is 0.408 e. The topological polar surface area (TPSA) is 119 Å². The van der Waals surface area contributed by atoms with E-state index in [1.165, 1.54) is 24.4 Å². The number of carbonyl (C=O) groups excluding carboxylic acids is 2. The van der Waals surface area contributed by atoms with Crippen LogP contribution in [0.5, 0.6) is 0 Å². The lowest BCUT2D eigenvalue weighted by Gasteiger charge is -2.26. The summed E-state index contributed by atoms with van der Waals surface area (Å²) in [5.74, 6) is -0.551. The number of aromatic nitrogens is 4. The molecule has 1 amide bonds. The van der Waals surface area contributed by atoms with Crippen LogP contribution in [0.25, 0.3) is 11.2 Å². The Bertz CT molecular complexity index is 769. The van der Waals surface area contributed by atoms with Gasteiger partial charge in [0.1, 0.15) is 33.9 Å². The minimum atomic E-state index is -1.22. The van der Waals surface area contributed by atoms with Crippen molar-refractivity contribution in [2.24, 2.45) is 0 Å².